The molecule has 6 heteroatoms. The van der Waals surface area contributed by atoms with Crippen LogP contribution in [0, 0.1) is 0 Å². The molecule has 3 rings (SSSR count). The summed E-state index contributed by atoms with van der Waals surface area (Å²) in [5.41, 5.74) is 1.11. The van der Waals surface area contributed by atoms with Crippen LogP contribution in [0.3, 0.4) is 0 Å². The number of halogens is 3. The molecule has 1 aliphatic heterocycles. The lowest BCUT2D eigenvalue weighted by Crippen LogP contribution is -2.16. The van der Waals surface area contributed by atoms with Gasteiger partial charge in [0.2, 0.25) is 0 Å². The molecule has 1 aliphatic rings. The molecule has 2 aromatic rings. The molecule has 2 heterocycles. The van der Waals surface area contributed by atoms with E-state index in [-0.39, 0.29) is 0 Å². The largest absolute Gasteiger partial charge is 0.416 e. The summed E-state index contributed by atoms with van der Waals surface area (Å²) in [6.45, 7) is 1.94. The standard InChI is InChI=1S/C17H17F3N2S/c18-17(19,20)13-5-1-3-12(11-13)4-2-6-16-22-14-7-9-21-10-8-15(14)23-16/h1-5,11,21H,6-10H2. The lowest BCUT2D eigenvalue weighted by atomic mass is 10.1. The van der Waals surface area contributed by atoms with Gasteiger partial charge in [0.05, 0.1) is 16.3 Å². The van der Waals surface area contributed by atoms with Crippen LogP contribution in [0.4, 0.5) is 13.2 Å². The zero-order valence-corrected chi connectivity index (χ0v) is 13.3. The van der Waals surface area contributed by atoms with E-state index in [1.807, 2.05) is 6.08 Å². The number of alkyl halides is 3. The minimum atomic E-state index is -4.30. The smallest absolute Gasteiger partial charge is 0.316 e. The van der Waals surface area contributed by atoms with E-state index in [2.05, 4.69) is 10.3 Å². The van der Waals surface area contributed by atoms with Gasteiger partial charge in [0, 0.05) is 30.8 Å². The molecule has 122 valence electrons. The van der Waals surface area contributed by atoms with Crippen LogP contribution in [0.1, 0.15) is 26.7 Å². The van der Waals surface area contributed by atoms with E-state index in [1.165, 1.54) is 22.7 Å². The first-order valence-electron chi connectivity index (χ1n) is 7.54. The summed E-state index contributed by atoms with van der Waals surface area (Å²) in [6, 6.07) is 5.36. The van der Waals surface area contributed by atoms with Crippen molar-refractivity contribution in [2.75, 3.05) is 13.1 Å². The molecule has 0 saturated carbocycles. The van der Waals surface area contributed by atoms with Crippen LogP contribution in [0.5, 0.6) is 0 Å². The number of aromatic nitrogens is 1. The van der Waals surface area contributed by atoms with Crippen molar-refractivity contribution in [2.45, 2.75) is 25.4 Å². The molecule has 0 radical (unpaired) electrons. The number of allylic oxidation sites excluding steroid dienone is 1. The monoisotopic (exact) mass is 338 g/mol. The fourth-order valence-electron chi connectivity index (χ4n) is 2.56. The van der Waals surface area contributed by atoms with Crippen molar-refractivity contribution in [3.63, 3.8) is 0 Å². The van der Waals surface area contributed by atoms with Gasteiger partial charge in [-0.15, -0.1) is 11.3 Å². The van der Waals surface area contributed by atoms with Crippen LogP contribution >= 0.6 is 11.3 Å². The van der Waals surface area contributed by atoms with Crippen molar-refractivity contribution in [3.8, 4) is 0 Å². The third-order valence-electron chi connectivity index (χ3n) is 3.71. The van der Waals surface area contributed by atoms with E-state index in [1.54, 1.807) is 23.5 Å². The molecular weight excluding hydrogens is 321 g/mol. The second-order valence-electron chi connectivity index (χ2n) is 5.46. The highest BCUT2D eigenvalue weighted by Crippen LogP contribution is 2.29. The fraction of sp³-hybridized carbons (Fsp3) is 0.353. The lowest BCUT2D eigenvalue weighted by molar-refractivity contribution is -0.137. The van der Waals surface area contributed by atoms with Crippen LogP contribution in [0.15, 0.2) is 30.3 Å². The highest BCUT2D eigenvalue weighted by atomic mass is 32.1. The summed E-state index contributed by atoms with van der Waals surface area (Å²) in [6.07, 6.45) is 1.91. The van der Waals surface area contributed by atoms with Crippen molar-refractivity contribution in [2.24, 2.45) is 0 Å². The summed E-state index contributed by atoms with van der Waals surface area (Å²) < 4.78 is 38.0. The van der Waals surface area contributed by atoms with E-state index >= 15 is 0 Å². The van der Waals surface area contributed by atoms with Crippen LogP contribution < -0.4 is 5.32 Å². The predicted octanol–water partition coefficient (Wildman–Crippen LogP) is 4.11. The van der Waals surface area contributed by atoms with Crippen molar-refractivity contribution < 1.29 is 13.2 Å². The minimum absolute atomic E-state index is 0.558. The molecule has 0 amide bonds. The zero-order valence-electron chi connectivity index (χ0n) is 12.5. The van der Waals surface area contributed by atoms with Crippen LogP contribution in [0.25, 0.3) is 6.08 Å². The van der Waals surface area contributed by atoms with Gasteiger partial charge in [-0.25, -0.2) is 4.98 Å². The van der Waals surface area contributed by atoms with Gasteiger partial charge in [-0.3, -0.25) is 0 Å². The van der Waals surface area contributed by atoms with E-state index in [9.17, 15) is 13.2 Å². The van der Waals surface area contributed by atoms with Crippen molar-refractivity contribution in [3.05, 3.63) is 57.0 Å². The second-order valence-corrected chi connectivity index (χ2v) is 6.63. The van der Waals surface area contributed by atoms with Gasteiger partial charge in [-0.05, 0) is 24.1 Å². The second kappa shape index (κ2) is 6.84. The first-order chi connectivity index (χ1) is 11.0. The number of hydrogen-bond acceptors (Lipinski definition) is 3. The summed E-state index contributed by atoms with van der Waals surface area (Å²) in [5.74, 6) is 0. The normalized spacial score (nSPS) is 15.6. The average molecular weight is 338 g/mol. The molecule has 0 unspecified atom stereocenters. The van der Waals surface area contributed by atoms with E-state index in [4.69, 9.17) is 0 Å². The molecule has 0 fully saturated rings. The minimum Gasteiger partial charge on any atom is -0.316 e. The number of nitrogens with zero attached hydrogens (tertiary/aromatic N) is 1. The van der Waals surface area contributed by atoms with E-state index < -0.39 is 11.7 Å². The Kier molecular flexibility index (Phi) is 4.82. The van der Waals surface area contributed by atoms with E-state index in [0.29, 0.717) is 12.0 Å². The van der Waals surface area contributed by atoms with E-state index in [0.717, 1.165) is 37.0 Å². The highest BCUT2D eigenvalue weighted by molar-refractivity contribution is 7.11. The molecule has 0 spiro atoms. The first-order valence-corrected chi connectivity index (χ1v) is 8.36. The van der Waals surface area contributed by atoms with Gasteiger partial charge < -0.3 is 5.32 Å². The van der Waals surface area contributed by atoms with Gasteiger partial charge in [-0.2, -0.15) is 13.2 Å². The maximum atomic E-state index is 12.7. The predicted molar refractivity (Wildman–Crippen MR) is 86.6 cm³/mol. The summed E-state index contributed by atoms with van der Waals surface area (Å²) >= 11 is 1.71. The molecule has 1 aromatic heterocycles. The zero-order chi connectivity index (χ0) is 16.3. The maximum Gasteiger partial charge on any atom is 0.416 e. The van der Waals surface area contributed by atoms with Gasteiger partial charge in [-0.1, -0.05) is 24.3 Å². The average Bonchev–Trinajstić information content (AvgIpc) is 2.76. The number of fused-ring (bicyclic) bond motifs is 1. The van der Waals surface area contributed by atoms with Crippen molar-refractivity contribution in [1.82, 2.24) is 10.3 Å². The summed E-state index contributed by atoms with van der Waals surface area (Å²) in [4.78, 5) is 5.98. The van der Waals surface area contributed by atoms with Crippen molar-refractivity contribution >= 4 is 17.4 Å². The van der Waals surface area contributed by atoms with Gasteiger partial charge >= 0.3 is 6.18 Å². The molecule has 1 N–H and O–H groups in total. The highest BCUT2D eigenvalue weighted by Gasteiger charge is 2.30. The number of thiazole rings is 1. The number of rotatable bonds is 3. The Hall–Kier alpha value is -1.66. The van der Waals surface area contributed by atoms with Gasteiger partial charge in [0.25, 0.3) is 0 Å². The number of benzene rings is 1. The number of hydrogen-bond donors (Lipinski definition) is 1. The third-order valence-corrected chi connectivity index (χ3v) is 4.89. The Morgan fingerprint density at radius 3 is 2.87 bits per heavy atom. The molecule has 2 nitrogen and oxygen atoms in total. The summed E-state index contributed by atoms with van der Waals surface area (Å²) in [7, 11) is 0. The summed E-state index contributed by atoms with van der Waals surface area (Å²) in [5, 5.41) is 4.37. The molecule has 23 heavy (non-hydrogen) atoms. The SMILES string of the molecule is FC(F)(F)c1cccc(C=CCc2nc3c(s2)CCNCC3)c1. The Morgan fingerprint density at radius 1 is 1.22 bits per heavy atom. The van der Waals surface area contributed by atoms with Gasteiger partial charge in [0.1, 0.15) is 0 Å². The number of nitrogens with one attached hydrogen (secondary N) is 1. The lowest BCUT2D eigenvalue weighted by Gasteiger charge is -2.06. The first kappa shape index (κ1) is 16.2. The topological polar surface area (TPSA) is 24.9 Å². The Balaban J connectivity index is 1.67. The molecule has 0 bridgehead atoms. The quantitative estimate of drug-likeness (QED) is 0.911. The Morgan fingerprint density at radius 2 is 2.04 bits per heavy atom. The maximum absolute atomic E-state index is 12.7. The molecule has 1 aromatic carbocycles. The molecule has 0 aliphatic carbocycles. The molecule has 0 saturated heterocycles. The van der Waals surface area contributed by atoms with Gasteiger partial charge in [0.15, 0.2) is 0 Å². The molecule has 0 atom stereocenters. The van der Waals surface area contributed by atoms with Crippen LogP contribution in [-0.4, -0.2) is 18.1 Å². The Bertz CT molecular complexity index is 681. The Labute approximate surface area is 137 Å². The fourth-order valence-corrected chi connectivity index (χ4v) is 3.65. The van der Waals surface area contributed by atoms with Crippen LogP contribution in [0.2, 0.25) is 0 Å². The van der Waals surface area contributed by atoms with Crippen molar-refractivity contribution in [1.29, 1.82) is 0 Å². The van der Waals surface area contributed by atoms with Crippen LogP contribution in [-0.2, 0) is 25.4 Å². The third kappa shape index (κ3) is 4.20. The molecular formula is C17H17F3N2S.